The van der Waals surface area contributed by atoms with Crippen LogP contribution in [0.5, 0.6) is 5.75 Å². The van der Waals surface area contributed by atoms with Crippen molar-refractivity contribution in [3.05, 3.63) is 28.8 Å². The first-order valence-corrected chi connectivity index (χ1v) is 9.48. The average Bonchev–Trinajstić information content (AvgIpc) is 2.58. The number of nitrogens with zero attached hydrogens (tertiary/aromatic N) is 2. The Labute approximate surface area is 151 Å². The molecule has 2 fully saturated rings. The summed E-state index contributed by atoms with van der Waals surface area (Å²) in [5.74, 6) is 0.995. The number of rotatable bonds is 3. The number of carbonyl (C=O) groups excluding carboxylic acids is 1. The number of benzene rings is 1. The van der Waals surface area contributed by atoms with Crippen LogP contribution in [0.1, 0.15) is 36.0 Å². The number of aromatic hydroxyl groups is 1. The second kappa shape index (κ2) is 7.65. The molecule has 3 rings (SSSR count). The summed E-state index contributed by atoms with van der Waals surface area (Å²) in [4.78, 5) is 17.1. The lowest BCUT2D eigenvalue weighted by Gasteiger charge is -2.46. The molecule has 25 heavy (non-hydrogen) atoms. The molecule has 138 valence electrons. The number of aryl methyl sites for hydroxylation is 2. The van der Waals surface area contributed by atoms with Crippen molar-refractivity contribution >= 4 is 6.03 Å². The molecular formula is C20H31N3O2. The first-order valence-electron chi connectivity index (χ1n) is 9.48. The Morgan fingerprint density at radius 1 is 1.24 bits per heavy atom. The normalized spacial score (nSPS) is 24.0. The van der Waals surface area contributed by atoms with Gasteiger partial charge in [-0.25, -0.2) is 4.79 Å². The van der Waals surface area contributed by atoms with Crippen molar-refractivity contribution in [1.29, 1.82) is 0 Å². The molecule has 5 heteroatoms. The summed E-state index contributed by atoms with van der Waals surface area (Å²) < 4.78 is 0. The molecule has 2 aliphatic rings. The summed E-state index contributed by atoms with van der Waals surface area (Å²) >= 11 is 0. The summed E-state index contributed by atoms with van der Waals surface area (Å²) in [6.07, 6.45) is 4.23. The Morgan fingerprint density at radius 3 is 2.68 bits per heavy atom. The molecule has 2 saturated heterocycles. The topological polar surface area (TPSA) is 55.8 Å². The number of nitrogens with one attached hydrogen (secondary N) is 1. The highest BCUT2D eigenvalue weighted by Gasteiger charge is 2.37. The predicted molar refractivity (Wildman–Crippen MR) is 100 cm³/mol. The molecule has 0 bridgehead atoms. The predicted octanol–water partition coefficient (Wildman–Crippen LogP) is 2.68. The fraction of sp³-hybridized carbons (Fsp3) is 0.650. The first-order chi connectivity index (χ1) is 12.0. The highest BCUT2D eigenvalue weighted by molar-refractivity contribution is 5.74. The van der Waals surface area contributed by atoms with E-state index in [-0.39, 0.29) is 6.03 Å². The van der Waals surface area contributed by atoms with E-state index < -0.39 is 0 Å². The minimum Gasteiger partial charge on any atom is -0.507 e. The molecule has 0 spiro atoms. The Bertz CT molecular complexity index is 608. The molecule has 2 amide bonds. The van der Waals surface area contributed by atoms with E-state index >= 15 is 0 Å². The van der Waals surface area contributed by atoms with Crippen LogP contribution in [-0.4, -0.2) is 60.2 Å². The van der Waals surface area contributed by atoms with E-state index in [9.17, 15) is 9.90 Å². The number of carbonyl (C=O) groups is 1. The third-order valence-electron chi connectivity index (χ3n) is 5.77. The molecule has 0 unspecified atom stereocenters. The fourth-order valence-electron chi connectivity index (χ4n) is 4.44. The minimum atomic E-state index is 0.0893. The molecule has 2 N–H and O–H groups in total. The van der Waals surface area contributed by atoms with Crippen LogP contribution < -0.4 is 5.32 Å². The fourth-order valence-corrected chi connectivity index (χ4v) is 4.44. The molecule has 2 atom stereocenters. The Morgan fingerprint density at radius 2 is 1.96 bits per heavy atom. The Hall–Kier alpha value is -1.75. The lowest BCUT2D eigenvalue weighted by Crippen LogP contribution is -2.57. The summed E-state index contributed by atoms with van der Waals surface area (Å²) in [6.45, 7) is 7.54. The maximum atomic E-state index is 12.7. The molecule has 5 nitrogen and oxygen atoms in total. The number of amides is 2. The first kappa shape index (κ1) is 18.1. The number of fused-ring (bicyclic) bond motifs is 1. The number of hydrogen-bond acceptors (Lipinski definition) is 3. The van der Waals surface area contributed by atoms with Crippen LogP contribution in [0, 0.1) is 19.8 Å². The van der Waals surface area contributed by atoms with E-state index in [4.69, 9.17) is 0 Å². The van der Waals surface area contributed by atoms with Crippen LogP contribution in [0.3, 0.4) is 0 Å². The third-order valence-corrected chi connectivity index (χ3v) is 5.77. The summed E-state index contributed by atoms with van der Waals surface area (Å²) in [7, 11) is 2.18. The van der Waals surface area contributed by atoms with Crippen LogP contribution in [-0.2, 0) is 6.42 Å². The number of likely N-dealkylation sites (tertiary alicyclic amines) is 2. The van der Waals surface area contributed by atoms with Crippen molar-refractivity contribution in [3.8, 4) is 5.75 Å². The van der Waals surface area contributed by atoms with Crippen molar-refractivity contribution in [1.82, 2.24) is 15.1 Å². The van der Waals surface area contributed by atoms with Crippen molar-refractivity contribution in [2.45, 2.75) is 45.6 Å². The second-order valence-electron chi connectivity index (χ2n) is 7.77. The van der Waals surface area contributed by atoms with Crippen LogP contribution in [0.15, 0.2) is 12.1 Å². The molecule has 0 aliphatic carbocycles. The SMILES string of the molecule is Cc1cc(CCNC(=O)N2CCC[C@H]3CN(C)CC[C@H]32)cc(C)c1O. The van der Waals surface area contributed by atoms with E-state index in [1.165, 1.54) is 6.42 Å². The highest BCUT2D eigenvalue weighted by atomic mass is 16.3. The van der Waals surface area contributed by atoms with Crippen molar-refractivity contribution < 1.29 is 9.90 Å². The quantitative estimate of drug-likeness (QED) is 0.885. The van der Waals surface area contributed by atoms with Gasteiger partial charge in [0.1, 0.15) is 5.75 Å². The molecular weight excluding hydrogens is 314 g/mol. The van der Waals surface area contributed by atoms with Gasteiger partial charge in [-0.3, -0.25) is 0 Å². The zero-order valence-corrected chi connectivity index (χ0v) is 15.7. The summed E-state index contributed by atoms with van der Waals surface area (Å²) in [5.41, 5.74) is 2.95. The maximum Gasteiger partial charge on any atom is 0.317 e. The van der Waals surface area contributed by atoms with Gasteiger partial charge in [0.25, 0.3) is 0 Å². The van der Waals surface area contributed by atoms with Crippen LogP contribution >= 0.6 is 0 Å². The number of piperidine rings is 2. The van der Waals surface area contributed by atoms with E-state index in [0.717, 1.165) is 55.6 Å². The van der Waals surface area contributed by atoms with Gasteiger partial charge < -0.3 is 20.2 Å². The molecule has 1 aromatic carbocycles. The monoisotopic (exact) mass is 345 g/mol. The minimum absolute atomic E-state index is 0.0893. The van der Waals surface area contributed by atoms with Crippen molar-refractivity contribution in [3.63, 3.8) is 0 Å². The molecule has 2 aliphatic heterocycles. The number of hydrogen-bond donors (Lipinski definition) is 2. The second-order valence-corrected chi connectivity index (χ2v) is 7.77. The van der Waals surface area contributed by atoms with E-state index in [0.29, 0.717) is 24.3 Å². The standard InChI is InChI=1S/C20H31N3O2/c1-14-11-16(12-15(2)19(14)24)6-8-21-20(25)23-9-4-5-17-13-22(3)10-7-18(17)23/h11-12,17-18,24H,4-10,13H2,1-3H3,(H,21,25)/t17-,18+/m0/s1. The molecule has 0 radical (unpaired) electrons. The largest absolute Gasteiger partial charge is 0.507 e. The Kier molecular flexibility index (Phi) is 5.52. The molecule has 0 saturated carbocycles. The van der Waals surface area contributed by atoms with E-state index in [2.05, 4.69) is 22.2 Å². The molecule has 0 aromatic heterocycles. The maximum absolute atomic E-state index is 12.7. The van der Waals surface area contributed by atoms with Crippen molar-refractivity contribution in [2.75, 3.05) is 33.2 Å². The Balaban J connectivity index is 1.54. The van der Waals surface area contributed by atoms with Crippen LogP contribution in [0.4, 0.5) is 4.79 Å². The summed E-state index contributed by atoms with van der Waals surface area (Å²) in [6, 6.07) is 4.50. The number of phenols is 1. The zero-order chi connectivity index (χ0) is 18.0. The van der Waals surface area contributed by atoms with Gasteiger partial charge in [-0.05, 0) is 75.7 Å². The van der Waals surface area contributed by atoms with Gasteiger partial charge >= 0.3 is 6.03 Å². The van der Waals surface area contributed by atoms with Crippen molar-refractivity contribution in [2.24, 2.45) is 5.92 Å². The highest BCUT2D eigenvalue weighted by Crippen LogP contribution is 2.30. The van der Waals surface area contributed by atoms with Crippen LogP contribution in [0.25, 0.3) is 0 Å². The van der Waals surface area contributed by atoms with Gasteiger partial charge in [-0.15, -0.1) is 0 Å². The summed E-state index contributed by atoms with van der Waals surface area (Å²) in [5, 5.41) is 13.0. The number of urea groups is 1. The lowest BCUT2D eigenvalue weighted by atomic mass is 9.84. The van der Waals surface area contributed by atoms with Gasteiger partial charge in [0, 0.05) is 25.7 Å². The third kappa shape index (κ3) is 4.09. The van der Waals surface area contributed by atoms with E-state index in [1.807, 2.05) is 26.0 Å². The lowest BCUT2D eigenvalue weighted by molar-refractivity contribution is 0.0534. The zero-order valence-electron chi connectivity index (χ0n) is 15.7. The van der Waals surface area contributed by atoms with Gasteiger partial charge in [0.05, 0.1) is 0 Å². The average molecular weight is 345 g/mol. The van der Waals surface area contributed by atoms with E-state index in [1.54, 1.807) is 0 Å². The molecule has 2 heterocycles. The smallest absolute Gasteiger partial charge is 0.317 e. The van der Waals surface area contributed by atoms with Gasteiger partial charge in [0.2, 0.25) is 0 Å². The molecule has 1 aromatic rings. The van der Waals surface area contributed by atoms with Gasteiger partial charge in [-0.1, -0.05) is 12.1 Å². The van der Waals surface area contributed by atoms with Gasteiger partial charge in [0.15, 0.2) is 0 Å². The van der Waals surface area contributed by atoms with Crippen LogP contribution in [0.2, 0.25) is 0 Å². The number of phenolic OH excluding ortho intramolecular Hbond substituents is 1. The van der Waals surface area contributed by atoms with Gasteiger partial charge in [-0.2, -0.15) is 0 Å².